The average molecular weight is 274 g/mol. The summed E-state index contributed by atoms with van der Waals surface area (Å²) in [6.07, 6.45) is 1.24. The molecule has 6 heteroatoms. The van der Waals surface area contributed by atoms with Crippen molar-refractivity contribution in [2.24, 2.45) is 5.73 Å². The molecule has 1 rings (SSSR count). The van der Waals surface area contributed by atoms with E-state index in [1.165, 1.54) is 23.5 Å². The first-order valence-electron chi connectivity index (χ1n) is 5.84. The van der Waals surface area contributed by atoms with Gasteiger partial charge in [-0.1, -0.05) is 12.1 Å². The van der Waals surface area contributed by atoms with Crippen LogP contribution in [0, 0.1) is 5.82 Å². The lowest BCUT2D eigenvalue weighted by atomic mass is 10.2. The third-order valence-electron chi connectivity index (χ3n) is 2.63. The number of benzene rings is 1. The first-order valence-corrected chi connectivity index (χ1v) is 7.45. The van der Waals surface area contributed by atoms with E-state index in [0.29, 0.717) is 24.9 Å². The van der Waals surface area contributed by atoms with Crippen LogP contribution in [0.3, 0.4) is 0 Å². The van der Waals surface area contributed by atoms with E-state index in [2.05, 4.69) is 0 Å². The van der Waals surface area contributed by atoms with E-state index >= 15 is 0 Å². The number of hydrogen-bond acceptors (Lipinski definition) is 3. The van der Waals surface area contributed by atoms with E-state index in [-0.39, 0.29) is 18.1 Å². The molecule has 0 radical (unpaired) electrons. The van der Waals surface area contributed by atoms with E-state index < -0.39 is 10.0 Å². The molecular weight excluding hydrogens is 255 g/mol. The van der Waals surface area contributed by atoms with Gasteiger partial charge in [-0.15, -0.1) is 0 Å². The van der Waals surface area contributed by atoms with Crippen molar-refractivity contribution in [1.29, 1.82) is 0 Å². The molecule has 102 valence electrons. The van der Waals surface area contributed by atoms with Gasteiger partial charge in [-0.2, -0.15) is 0 Å². The molecule has 0 amide bonds. The minimum Gasteiger partial charge on any atom is -0.330 e. The van der Waals surface area contributed by atoms with Gasteiger partial charge >= 0.3 is 0 Å². The molecule has 0 atom stereocenters. The molecule has 0 aliphatic heterocycles. The van der Waals surface area contributed by atoms with Crippen LogP contribution in [0.25, 0.3) is 0 Å². The molecule has 1 aromatic rings. The molecule has 4 nitrogen and oxygen atoms in total. The zero-order valence-corrected chi connectivity index (χ0v) is 11.3. The lowest BCUT2D eigenvalue weighted by Crippen LogP contribution is -2.29. The van der Waals surface area contributed by atoms with Gasteiger partial charge in [-0.25, -0.2) is 17.1 Å². The molecule has 0 aliphatic carbocycles. The highest BCUT2D eigenvalue weighted by Gasteiger charge is 2.17. The summed E-state index contributed by atoms with van der Waals surface area (Å²) in [5.41, 5.74) is 5.96. The minimum absolute atomic E-state index is 0.0794. The van der Waals surface area contributed by atoms with Crippen LogP contribution in [0.2, 0.25) is 0 Å². The van der Waals surface area contributed by atoms with E-state index in [9.17, 15) is 12.8 Å². The van der Waals surface area contributed by atoms with Crippen LogP contribution in [0.1, 0.15) is 18.4 Å². The topological polar surface area (TPSA) is 63.4 Å². The Balaban J connectivity index is 2.61. The summed E-state index contributed by atoms with van der Waals surface area (Å²) in [4.78, 5) is 0. The first kappa shape index (κ1) is 15.1. The number of hydrogen-bond donors (Lipinski definition) is 1. The average Bonchev–Trinajstić information content (AvgIpc) is 2.29. The highest BCUT2D eigenvalue weighted by atomic mass is 32.2. The van der Waals surface area contributed by atoms with Crippen molar-refractivity contribution in [2.75, 3.05) is 19.3 Å². The van der Waals surface area contributed by atoms with Gasteiger partial charge in [0.15, 0.2) is 0 Å². The molecule has 0 unspecified atom stereocenters. The molecule has 2 N–H and O–H groups in total. The van der Waals surface area contributed by atoms with Crippen LogP contribution >= 0.6 is 0 Å². The van der Waals surface area contributed by atoms with Gasteiger partial charge in [0.25, 0.3) is 0 Å². The van der Waals surface area contributed by atoms with Crippen molar-refractivity contribution in [3.63, 3.8) is 0 Å². The largest absolute Gasteiger partial charge is 0.330 e. The number of rotatable bonds is 7. The van der Waals surface area contributed by atoms with Gasteiger partial charge in [0, 0.05) is 13.6 Å². The standard InChI is InChI=1S/C12H19FN2O2S/c1-15(18(16,17)8-3-2-7-14)10-11-5-4-6-12(13)9-11/h4-6,9H,2-3,7-8,10,14H2,1H3. The molecule has 0 aromatic heterocycles. The molecule has 0 bridgehead atoms. The number of unbranched alkanes of at least 4 members (excludes halogenated alkanes) is 1. The second-order valence-electron chi connectivity index (χ2n) is 4.20. The van der Waals surface area contributed by atoms with Crippen LogP contribution in [-0.2, 0) is 16.6 Å². The summed E-state index contributed by atoms with van der Waals surface area (Å²) in [6, 6.07) is 5.94. The van der Waals surface area contributed by atoms with Crippen molar-refractivity contribution in [3.05, 3.63) is 35.6 Å². The van der Waals surface area contributed by atoms with Crippen LogP contribution in [0.15, 0.2) is 24.3 Å². The fourth-order valence-corrected chi connectivity index (χ4v) is 2.80. The van der Waals surface area contributed by atoms with Crippen molar-refractivity contribution in [3.8, 4) is 0 Å². The normalized spacial score (nSPS) is 12.0. The second kappa shape index (κ2) is 6.82. The van der Waals surface area contributed by atoms with Crippen LogP contribution in [0.5, 0.6) is 0 Å². The SMILES string of the molecule is CN(Cc1cccc(F)c1)S(=O)(=O)CCCCN. The van der Waals surface area contributed by atoms with Gasteiger partial charge < -0.3 is 5.73 Å². The Morgan fingerprint density at radius 1 is 1.33 bits per heavy atom. The third-order valence-corrected chi connectivity index (χ3v) is 4.51. The molecule has 18 heavy (non-hydrogen) atoms. The van der Waals surface area contributed by atoms with E-state index in [1.54, 1.807) is 12.1 Å². The molecule has 1 aromatic carbocycles. The maximum Gasteiger partial charge on any atom is 0.214 e. The Labute approximate surface area is 108 Å². The smallest absolute Gasteiger partial charge is 0.214 e. The summed E-state index contributed by atoms with van der Waals surface area (Å²) in [5, 5.41) is 0. The van der Waals surface area contributed by atoms with E-state index in [0.717, 1.165) is 0 Å². The molecule has 0 aliphatic rings. The number of nitrogens with zero attached hydrogens (tertiary/aromatic N) is 1. The number of halogens is 1. The molecular formula is C12H19FN2O2S. The fourth-order valence-electron chi connectivity index (χ4n) is 1.58. The quantitative estimate of drug-likeness (QED) is 0.763. The fraction of sp³-hybridized carbons (Fsp3) is 0.500. The first-order chi connectivity index (χ1) is 8.45. The molecule has 0 heterocycles. The molecule has 0 saturated heterocycles. The summed E-state index contributed by atoms with van der Waals surface area (Å²) < 4.78 is 38.0. The van der Waals surface area contributed by atoms with Gasteiger partial charge in [0.2, 0.25) is 10.0 Å². The maximum atomic E-state index is 13.0. The Morgan fingerprint density at radius 2 is 2.06 bits per heavy atom. The monoisotopic (exact) mass is 274 g/mol. The van der Waals surface area contributed by atoms with E-state index in [1.807, 2.05) is 0 Å². The van der Waals surface area contributed by atoms with Crippen molar-refractivity contribution < 1.29 is 12.8 Å². The van der Waals surface area contributed by atoms with Crippen molar-refractivity contribution in [2.45, 2.75) is 19.4 Å². The molecule has 0 fully saturated rings. The summed E-state index contributed by atoms with van der Waals surface area (Å²) in [5.74, 6) is -0.280. The van der Waals surface area contributed by atoms with Crippen LogP contribution in [0.4, 0.5) is 4.39 Å². The predicted octanol–water partition coefficient (Wildman–Crippen LogP) is 1.33. The molecule has 0 spiro atoms. The van der Waals surface area contributed by atoms with Gasteiger partial charge in [-0.05, 0) is 37.1 Å². The number of sulfonamides is 1. The third kappa shape index (κ3) is 4.72. The highest BCUT2D eigenvalue weighted by molar-refractivity contribution is 7.89. The minimum atomic E-state index is -3.29. The van der Waals surface area contributed by atoms with Crippen molar-refractivity contribution in [1.82, 2.24) is 4.31 Å². The van der Waals surface area contributed by atoms with Gasteiger partial charge in [-0.3, -0.25) is 0 Å². The summed E-state index contributed by atoms with van der Waals surface area (Å²) in [7, 11) is -1.79. The lowest BCUT2D eigenvalue weighted by Gasteiger charge is -2.17. The lowest BCUT2D eigenvalue weighted by molar-refractivity contribution is 0.463. The van der Waals surface area contributed by atoms with Gasteiger partial charge in [0.1, 0.15) is 5.82 Å². The zero-order valence-electron chi connectivity index (χ0n) is 10.5. The second-order valence-corrected chi connectivity index (χ2v) is 6.39. The van der Waals surface area contributed by atoms with Crippen LogP contribution < -0.4 is 5.73 Å². The van der Waals surface area contributed by atoms with Crippen molar-refractivity contribution >= 4 is 10.0 Å². The van der Waals surface area contributed by atoms with Crippen LogP contribution in [-0.4, -0.2) is 32.1 Å². The Morgan fingerprint density at radius 3 is 2.67 bits per heavy atom. The maximum absolute atomic E-state index is 13.0. The Kier molecular flexibility index (Phi) is 5.71. The van der Waals surface area contributed by atoms with E-state index in [4.69, 9.17) is 5.73 Å². The molecule has 0 saturated carbocycles. The zero-order chi connectivity index (χ0) is 13.6. The van der Waals surface area contributed by atoms with Gasteiger partial charge in [0.05, 0.1) is 5.75 Å². The predicted molar refractivity (Wildman–Crippen MR) is 69.9 cm³/mol. The summed E-state index contributed by atoms with van der Waals surface area (Å²) in [6.45, 7) is 0.672. The highest BCUT2D eigenvalue weighted by Crippen LogP contribution is 2.10. The summed E-state index contributed by atoms with van der Waals surface area (Å²) >= 11 is 0. The Hall–Kier alpha value is -0.980. The Bertz CT molecular complexity index is 477. The number of nitrogens with two attached hydrogens (primary N) is 1.